The first-order valence-corrected chi connectivity index (χ1v) is 5.78. The van der Waals surface area contributed by atoms with Crippen LogP contribution in [0.2, 0.25) is 0 Å². The van der Waals surface area contributed by atoms with E-state index in [4.69, 9.17) is 5.11 Å². The van der Waals surface area contributed by atoms with Crippen LogP contribution in [0.3, 0.4) is 0 Å². The van der Waals surface area contributed by atoms with Gasteiger partial charge in [0.05, 0.1) is 5.92 Å². The Bertz CT molecular complexity index is 342. The molecule has 1 saturated carbocycles. The number of carbonyl (C=O) groups excluding carboxylic acids is 1. The molecule has 1 aliphatic heterocycles. The number of carbonyl (C=O) groups is 2. The van der Waals surface area contributed by atoms with Crippen molar-refractivity contribution in [2.24, 2.45) is 11.3 Å². The largest absolute Gasteiger partial charge is 0.481 e. The lowest BCUT2D eigenvalue weighted by atomic mass is 9.96. The van der Waals surface area contributed by atoms with Crippen molar-refractivity contribution in [3.8, 4) is 0 Å². The highest BCUT2D eigenvalue weighted by Crippen LogP contribution is 2.52. The zero-order chi connectivity index (χ0) is 12.6. The van der Waals surface area contributed by atoms with Gasteiger partial charge in [0.25, 0.3) is 6.43 Å². The molecule has 1 heterocycles. The molecule has 96 valence electrons. The second-order valence-corrected chi connectivity index (χ2v) is 4.89. The van der Waals surface area contributed by atoms with E-state index >= 15 is 0 Å². The van der Waals surface area contributed by atoms with E-state index in [1.807, 2.05) is 0 Å². The van der Waals surface area contributed by atoms with Gasteiger partial charge < -0.3 is 10.0 Å². The first-order valence-electron chi connectivity index (χ1n) is 5.78. The fraction of sp³-hybridized carbons (Fsp3) is 0.818. The summed E-state index contributed by atoms with van der Waals surface area (Å²) in [6, 6.07) is 0. The summed E-state index contributed by atoms with van der Waals surface area (Å²) in [6.45, 7) is 0.472. The molecule has 2 aliphatic rings. The maximum absolute atomic E-state index is 12.8. The predicted molar refractivity (Wildman–Crippen MR) is 54.6 cm³/mol. The van der Waals surface area contributed by atoms with Crippen molar-refractivity contribution in [3.63, 3.8) is 0 Å². The third-order valence-electron chi connectivity index (χ3n) is 3.69. The van der Waals surface area contributed by atoms with E-state index in [0.29, 0.717) is 19.4 Å². The highest BCUT2D eigenvalue weighted by molar-refractivity contribution is 5.86. The number of amides is 1. The van der Waals surface area contributed by atoms with E-state index < -0.39 is 29.6 Å². The van der Waals surface area contributed by atoms with Crippen LogP contribution in [0.4, 0.5) is 8.78 Å². The average Bonchev–Trinajstić information content (AvgIpc) is 3.09. The summed E-state index contributed by atoms with van der Waals surface area (Å²) in [5, 5.41) is 8.88. The standard InChI is InChI=1S/C11H15F2NO3/c12-9(13)11(3-4-11)10(17)14-5-1-2-7(6-14)8(15)16/h7,9H,1-6H2,(H,15,16)/t7-/m1/s1. The summed E-state index contributed by atoms with van der Waals surface area (Å²) in [6.07, 6.45) is -1.11. The number of piperidine rings is 1. The van der Waals surface area contributed by atoms with Gasteiger partial charge in [-0.1, -0.05) is 0 Å². The van der Waals surface area contributed by atoms with Crippen LogP contribution in [-0.2, 0) is 9.59 Å². The van der Waals surface area contributed by atoms with E-state index in [1.165, 1.54) is 4.90 Å². The molecule has 0 aromatic carbocycles. The van der Waals surface area contributed by atoms with Gasteiger partial charge in [0.1, 0.15) is 5.41 Å². The van der Waals surface area contributed by atoms with Gasteiger partial charge in [-0.25, -0.2) is 8.78 Å². The summed E-state index contributed by atoms with van der Waals surface area (Å²) in [5.41, 5.74) is -1.50. The minimum atomic E-state index is -2.64. The molecule has 0 aromatic heterocycles. The monoisotopic (exact) mass is 247 g/mol. The third kappa shape index (κ3) is 2.12. The second kappa shape index (κ2) is 4.23. The van der Waals surface area contributed by atoms with Gasteiger partial charge in [-0.15, -0.1) is 0 Å². The van der Waals surface area contributed by atoms with Gasteiger partial charge in [0.2, 0.25) is 5.91 Å². The van der Waals surface area contributed by atoms with Crippen molar-refractivity contribution in [2.45, 2.75) is 32.1 Å². The summed E-state index contributed by atoms with van der Waals surface area (Å²) in [4.78, 5) is 24.1. The number of nitrogens with zero attached hydrogens (tertiary/aromatic N) is 1. The van der Waals surface area contributed by atoms with Gasteiger partial charge in [-0.3, -0.25) is 9.59 Å². The van der Waals surface area contributed by atoms with Crippen molar-refractivity contribution in [1.29, 1.82) is 0 Å². The van der Waals surface area contributed by atoms with Crippen molar-refractivity contribution in [3.05, 3.63) is 0 Å². The molecular weight excluding hydrogens is 232 g/mol. The molecule has 0 unspecified atom stereocenters. The highest BCUT2D eigenvalue weighted by atomic mass is 19.3. The number of alkyl halides is 2. The molecule has 0 radical (unpaired) electrons. The van der Waals surface area contributed by atoms with Crippen molar-refractivity contribution < 1.29 is 23.5 Å². The number of hydrogen-bond donors (Lipinski definition) is 1. The number of carboxylic acid groups (broad SMARTS) is 1. The van der Waals surface area contributed by atoms with Crippen molar-refractivity contribution >= 4 is 11.9 Å². The highest BCUT2D eigenvalue weighted by Gasteiger charge is 2.59. The first kappa shape index (κ1) is 12.3. The maximum atomic E-state index is 12.8. The van der Waals surface area contributed by atoms with Crippen LogP contribution in [0.15, 0.2) is 0 Å². The Labute approximate surface area is 97.6 Å². The Hall–Kier alpha value is -1.20. The zero-order valence-electron chi connectivity index (χ0n) is 9.36. The predicted octanol–water partition coefficient (Wildman–Crippen LogP) is 1.35. The lowest BCUT2D eigenvalue weighted by molar-refractivity contribution is -0.150. The number of carboxylic acids is 1. The Morgan fingerprint density at radius 1 is 1.35 bits per heavy atom. The molecule has 1 amide bonds. The molecule has 4 nitrogen and oxygen atoms in total. The smallest absolute Gasteiger partial charge is 0.308 e. The van der Waals surface area contributed by atoms with Crippen LogP contribution in [-0.4, -0.2) is 41.4 Å². The van der Waals surface area contributed by atoms with Gasteiger partial charge in [0.15, 0.2) is 0 Å². The van der Waals surface area contributed by atoms with E-state index in [0.717, 1.165) is 0 Å². The molecule has 17 heavy (non-hydrogen) atoms. The van der Waals surface area contributed by atoms with Crippen LogP contribution in [0.1, 0.15) is 25.7 Å². The number of rotatable bonds is 3. The van der Waals surface area contributed by atoms with Crippen LogP contribution in [0, 0.1) is 11.3 Å². The van der Waals surface area contributed by atoms with Gasteiger partial charge in [-0.05, 0) is 25.7 Å². The molecule has 2 rings (SSSR count). The summed E-state index contributed by atoms with van der Waals surface area (Å²) >= 11 is 0. The van der Waals surface area contributed by atoms with Gasteiger partial charge in [-0.2, -0.15) is 0 Å². The molecule has 6 heteroatoms. The number of hydrogen-bond acceptors (Lipinski definition) is 2. The molecular formula is C11H15F2NO3. The Morgan fingerprint density at radius 3 is 2.47 bits per heavy atom. The quantitative estimate of drug-likeness (QED) is 0.819. The molecule has 0 spiro atoms. The summed E-state index contributed by atoms with van der Waals surface area (Å²) in [5.74, 6) is -2.12. The van der Waals surface area contributed by atoms with Crippen molar-refractivity contribution in [1.82, 2.24) is 4.90 Å². The summed E-state index contributed by atoms with van der Waals surface area (Å²) < 4.78 is 25.5. The van der Waals surface area contributed by atoms with E-state index in [1.54, 1.807) is 0 Å². The fourth-order valence-corrected chi connectivity index (χ4v) is 2.34. The van der Waals surface area contributed by atoms with Gasteiger partial charge >= 0.3 is 5.97 Å². The molecule has 1 atom stereocenters. The maximum Gasteiger partial charge on any atom is 0.308 e. The Morgan fingerprint density at radius 2 is 2.00 bits per heavy atom. The van der Waals surface area contributed by atoms with Gasteiger partial charge in [0, 0.05) is 13.1 Å². The first-order chi connectivity index (χ1) is 7.97. The Balaban J connectivity index is 2.03. The minimum absolute atomic E-state index is 0.0721. The lowest BCUT2D eigenvalue weighted by Crippen LogP contribution is -2.47. The second-order valence-electron chi connectivity index (χ2n) is 4.89. The Kier molecular flexibility index (Phi) is 3.05. The SMILES string of the molecule is O=C(O)[C@@H]1CCCN(C(=O)C2(C(F)F)CC2)C1. The van der Waals surface area contributed by atoms with E-state index in [2.05, 4.69) is 0 Å². The van der Waals surface area contributed by atoms with Crippen LogP contribution in [0.25, 0.3) is 0 Å². The summed E-state index contributed by atoms with van der Waals surface area (Å²) in [7, 11) is 0. The van der Waals surface area contributed by atoms with Crippen LogP contribution >= 0.6 is 0 Å². The normalized spacial score (nSPS) is 27.0. The molecule has 0 aromatic rings. The van der Waals surface area contributed by atoms with E-state index in [9.17, 15) is 18.4 Å². The molecule has 2 fully saturated rings. The minimum Gasteiger partial charge on any atom is -0.481 e. The fourth-order valence-electron chi connectivity index (χ4n) is 2.34. The third-order valence-corrected chi connectivity index (χ3v) is 3.69. The molecule has 1 aliphatic carbocycles. The zero-order valence-corrected chi connectivity index (χ0v) is 9.36. The average molecular weight is 247 g/mol. The number of halogens is 2. The lowest BCUT2D eigenvalue weighted by Gasteiger charge is -2.33. The number of aliphatic carboxylic acids is 1. The van der Waals surface area contributed by atoms with Crippen LogP contribution in [0.5, 0.6) is 0 Å². The molecule has 1 N–H and O–H groups in total. The van der Waals surface area contributed by atoms with Crippen molar-refractivity contribution in [2.75, 3.05) is 13.1 Å². The number of likely N-dealkylation sites (tertiary alicyclic amines) is 1. The molecule has 0 bridgehead atoms. The van der Waals surface area contributed by atoms with E-state index in [-0.39, 0.29) is 19.4 Å². The van der Waals surface area contributed by atoms with Crippen LogP contribution < -0.4 is 0 Å². The molecule has 1 saturated heterocycles. The topological polar surface area (TPSA) is 57.6 Å².